The third kappa shape index (κ3) is 9.81. The van der Waals surface area contributed by atoms with E-state index in [1.54, 1.807) is 0 Å². The lowest BCUT2D eigenvalue weighted by molar-refractivity contribution is 0.589. The number of halogens is 1. The van der Waals surface area contributed by atoms with E-state index >= 15 is 0 Å². The van der Waals surface area contributed by atoms with Gasteiger partial charge >= 0.3 is 0 Å². The van der Waals surface area contributed by atoms with Crippen molar-refractivity contribution in [1.82, 2.24) is 0 Å². The molecule has 0 amide bonds. The Balaban J connectivity index is 1.21. The van der Waals surface area contributed by atoms with E-state index in [4.69, 9.17) is 0 Å². The van der Waals surface area contributed by atoms with Crippen molar-refractivity contribution in [2.75, 3.05) is 14.7 Å². The lowest BCUT2D eigenvalue weighted by Crippen LogP contribution is -2.21. The first kappa shape index (κ1) is 53.3. The van der Waals surface area contributed by atoms with Crippen molar-refractivity contribution in [2.45, 2.75) is 138 Å². The molecule has 76 heavy (non-hydrogen) atoms. The fourth-order valence-corrected chi connectivity index (χ4v) is 13.4. The summed E-state index contributed by atoms with van der Waals surface area (Å²) in [7, 11) is 0. The molecular weight excluding hydrogens is 1050 g/mol. The average Bonchev–Trinajstić information content (AvgIpc) is 3.82. The van der Waals surface area contributed by atoms with Crippen molar-refractivity contribution in [2.24, 2.45) is 0 Å². The molecular formula is C71H76IN3S. The Morgan fingerprint density at radius 1 is 0.395 bits per heavy atom. The molecule has 0 aliphatic heterocycles. The smallest absolute Gasteiger partial charge is 0.0906 e. The van der Waals surface area contributed by atoms with E-state index in [1.165, 1.54) is 91.4 Å². The second-order valence-electron chi connectivity index (χ2n) is 25.9. The Hall–Kier alpha value is -6.15. The van der Waals surface area contributed by atoms with Crippen molar-refractivity contribution in [3.8, 4) is 11.1 Å². The van der Waals surface area contributed by atoms with Gasteiger partial charge < -0.3 is 14.7 Å². The number of rotatable bonds is 9. The molecule has 1 aliphatic rings. The van der Waals surface area contributed by atoms with Crippen LogP contribution in [0, 0.1) is 16.7 Å². The van der Waals surface area contributed by atoms with Gasteiger partial charge in [-0.25, -0.2) is 0 Å². The Kier molecular flexibility index (Phi) is 13.6. The molecule has 0 saturated carbocycles. The first-order chi connectivity index (χ1) is 35.7. The summed E-state index contributed by atoms with van der Waals surface area (Å²) in [6.45, 7) is 37.3. The van der Waals surface area contributed by atoms with Crippen LogP contribution < -0.4 is 14.7 Å². The second-order valence-corrected chi connectivity index (χ2v) is 28.7. The van der Waals surface area contributed by atoms with E-state index in [2.05, 4.69) is 318 Å². The molecule has 3 nitrogen and oxygen atoms in total. The Morgan fingerprint density at radius 3 is 1.34 bits per heavy atom. The molecule has 10 rings (SSSR count). The number of hydrogen-bond donors (Lipinski definition) is 0. The van der Waals surface area contributed by atoms with Crippen LogP contribution in [0.3, 0.4) is 0 Å². The summed E-state index contributed by atoms with van der Waals surface area (Å²) in [6, 6.07) is 64.5. The highest BCUT2D eigenvalue weighted by atomic mass is 127. The van der Waals surface area contributed by atoms with Crippen molar-refractivity contribution in [3.05, 3.63) is 217 Å². The molecule has 0 unspecified atom stereocenters. The predicted octanol–water partition coefficient (Wildman–Crippen LogP) is 22.0. The van der Waals surface area contributed by atoms with Gasteiger partial charge in [-0.05, 0) is 205 Å². The summed E-state index contributed by atoms with van der Waals surface area (Å²) in [5.74, 6) is 0. The van der Waals surface area contributed by atoms with Crippen LogP contribution in [0.2, 0.25) is 0 Å². The molecule has 1 aromatic heterocycles. The quantitative estimate of drug-likeness (QED) is 0.133. The molecule has 0 atom stereocenters. The van der Waals surface area contributed by atoms with E-state index in [1.807, 2.05) is 11.3 Å². The van der Waals surface area contributed by atoms with Crippen molar-refractivity contribution in [3.63, 3.8) is 0 Å². The monoisotopic (exact) mass is 1130 g/mol. The summed E-state index contributed by atoms with van der Waals surface area (Å²) in [5.41, 5.74) is 23.2. The van der Waals surface area contributed by atoms with Crippen molar-refractivity contribution >= 4 is 95.2 Å². The zero-order chi connectivity index (χ0) is 54.4. The molecule has 0 N–H and O–H groups in total. The number of fused-ring (bicyclic) bond motifs is 4. The van der Waals surface area contributed by atoms with E-state index in [9.17, 15) is 0 Å². The number of anilines is 9. The zero-order valence-corrected chi connectivity index (χ0v) is 50.8. The molecule has 8 aromatic carbocycles. The minimum atomic E-state index is -0.226. The molecule has 0 saturated heterocycles. The van der Waals surface area contributed by atoms with Gasteiger partial charge in [0.2, 0.25) is 0 Å². The number of aryl methyl sites for hydroxylation is 1. The maximum atomic E-state index is 2.65. The van der Waals surface area contributed by atoms with Crippen LogP contribution in [-0.4, -0.2) is 0 Å². The van der Waals surface area contributed by atoms with Gasteiger partial charge in [0.05, 0.1) is 19.9 Å². The van der Waals surface area contributed by atoms with Crippen molar-refractivity contribution in [1.29, 1.82) is 0 Å². The summed E-state index contributed by atoms with van der Waals surface area (Å²) in [5, 5.41) is 1.27. The van der Waals surface area contributed by atoms with Crippen LogP contribution in [0.25, 0.3) is 21.2 Å². The third-order valence-electron chi connectivity index (χ3n) is 15.9. The zero-order valence-electron chi connectivity index (χ0n) is 47.8. The van der Waals surface area contributed by atoms with Gasteiger partial charge in [0.1, 0.15) is 0 Å². The molecule has 0 fully saturated rings. The molecule has 1 aliphatic carbocycles. The fraction of sp³-hybridized carbons (Fsp3) is 0.296. The van der Waals surface area contributed by atoms with Crippen LogP contribution >= 0.6 is 33.9 Å². The molecule has 0 spiro atoms. The lowest BCUT2D eigenvalue weighted by Gasteiger charge is -2.35. The maximum absolute atomic E-state index is 2.65. The number of thiophene rings is 1. The largest absolute Gasteiger partial charge is 0.310 e. The fourth-order valence-electron chi connectivity index (χ4n) is 11.2. The van der Waals surface area contributed by atoms with Crippen LogP contribution in [0.15, 0.2) is 170 Å². The number of nitrogens with zero attached hydrogens (tertiary/aromatic N) is 3. The van der Waals surface area contributed by atoms with Gasteiger partial charge in [-0.1, -0.05) is 176 Å². The summed E-state index contributed by atoms with van der Waals surface area (Å²) in [4.78, 5) is 7.52. The van der Waals surface area contributed by atoms with Crippen molar-refractivity contribution < 1.29 is 0 Å². The Labute approximate surface area is 472 Å². The second kappa shape index (κ2) is 19.4. The molecule has 5 heteroatoms. The minimum absolute atomic E-state index is 0.00533. The third-order valence-corrected chi connectivity index (χ3v) is 18.0. The normalized spacial score (nSPS) is 13.4. The van der Waals surface area contributed by atoms with Gasteiger partial charge in [0.25, 0.3) is 0 Å². The van der Waals surface area contributed by atoms with E-state index in [0.717, 1.165) is 28.4 Å². The maximum Gasteiger partial charge on any atom is 0.0906 e. The number of para-hydroxylation sites is 2. The van der Waals surface area contributed by atoms with Crippen LogP contribution in [0.5, 0.6) is 0 Å². The lowest BCUT2D eigenvalue weighted by atomic mass is 9.82. The number of benzene rings is 8. The van der Waals surface area contributed by atoms with E-state index in [0.29, 0.717) is 0 Å². The first-order valence-electron chi connectivity index (χ1n) is 27.1. The van der Waals surface area contributed by atoms with Crippen LogP contribution in [0.4, 0.5) is 51.2 Å². The van der Waals surface area contributed by atoms with Gasteiger partial charge in [0, 0.05) is 49.6 Å². The molecule has 9 aromatic rings. The standard InChI is InChI=1S/C71H76IN3S/c1-45-39-49(69(9,10)11)31-38-61(45)74(53-32-27-47(28-33-53)67(3,4)5)62-40-50(70(12,13)14)41-63(46(62)2)75(54-34-29-48(30-35-54)68(6,7)8)65-58-43-57-56-37-36-55(42-59(56)71(15,16)60(57)44-64(58)76-66(65)72)73(51-23-19-17-20-24-51)52-25-21-18-22-26-52/h17-44H,1-16H3. The summed E-state index contributed by atoms with van der Waals surface area (Å²) in [6.07, 6.45) is 0. The Bertz CT molecular complexity index is 3570. The van der Waals surface area contributed by atoms with E-state index in [-0.39, 0.29) is 27.1 Å². The predicted molar refractivity (Wildman–Crippen MR) is 340 cm³/mol. The molecule has 388 valence electrons. The average molecular weight is 1130 g/mol. The summed E-state index contributed by atoms with van der Waals surface area (Å²) < 4.78 is 2.56. The van der Waals surface area contributed by atoms with E-state index < -0.39 is 0 Å². The topological polar surface area (TPSA) is 9.72 Å². The highest BCUT2D eigenvalue weighted by Gasteiger charge is 2.38. The highest BCUT2D eigenvalue weighted by Crippen LogP contribution is 2.56. The van der Waals surface area contributed by atoms with Gasteiger partial charge in [-0.3, -0.25) is 0 Å². The first-order valence-corrected chi connectivity index (χ1v) is 29.0. The highest BCUT2D eigenvalue weighted by molar-refractivity contribution is 14.1. The molecule has 0 radical (unpaired) electrons. The number of hydrogen-bond acceptors (Lipinski definition) is 4. The van der Waals surface area contributed by atoms with Gasteiger partial charge in [0.15, 0.2) is 0 Å². The summed E-state index contributed by atoms with van der Waals surface area (Å²) >= 11 is 4.55. The van der Waals surface area contributed by atoms with Gasteiger partial charge in [-0.15, -0.1) is 11.3 Å². The molecule has 1 heterocycles. The van der Waals surface area contributed by atoms with Crippen LogP contribution in [-0.2, 0) is 27.1 Å². The Morgan fingerprint density at radius 2 is 0.842 bits per heavy atom. The minimum Gasteiger partial charge on any atom is -0.310 e. The SMILES string of the molecule is Cc1cc(C(C)(C)C)ccc1N(c1ccc(C(C)(C)C)cc1)c1cc(C(C)(C)C)cc(N(c2ccc(C(C)(C)C)cc2)c2c(I)sc3cc4c(cc23)-c2ccc(N(c3ccccc3)c3ccccc3)cc2C4(C)C)c1C. The molecule has 0 bridgehead atoms. The van der Waals surface area contributed by atoms with Gasteiger partial charge in [-0.2, -0.15) is 0 Å². The van der Waals surface area contributed by atoms with Crippen LogP contribution in [0.1, 0.15) is 141 Å².